The molecule has 0 saturated heterocycles. The summed E-state index contributed by atoms with van der Waals surface area (Å²) in [6, 6.07) is 1.10. The first-order valence-electron chi connectivity index (χ1n) is 7.65. The molecule has 128 valence electrons. The summed E-state index contributed by atoms with van der Waals surface area (Å²) < 4.78 is 10.5. The second kappa shape index (κ2) is 5.83. The number of rotatable bonds is 3. The molecule has 0 radical (unpaired) electrons. The van der Waals surface area contributed by atoms with Crippen molar-refractivity contribution in [3.05, 3.63) is 28.5 Å². The lowest BCUT2D eigenvalue weighted by atomic mass is 9.82. The van der Waals surface area contributed by atoms with Gasteiger partial charge in [-0.15, -0.1) is 0 Å². The molecule has 7 heteroatoms. The molecule has 24 heavy (non-hydrogen) atoms. The number of ketones is 2. The molecule has 0 aromatic heterocycles. The number of hydrogen-bond acceptors (Lipinski definition) is 7. The Labute approximate surface area is 138 Å². The maximum atomic E-state index is 12.7. The zero-order chi connectivity index (χ0) is 17.6. The highest BCUT2D eigenvalue weighted by atomic mass is 16.5. The first kappa shape index (κ1) is 16.3. The molecular weight excluding hydrogens is 316 g/mol. The van der Waals surface area contributed by atoms with Crippen LogP contribution < -0.4 is 4.74 Å². The average molecular weight is 334 g/mol. The first-order chi connectivity index (χ1) is 11.3. The summed E-state index contributed by atoms with van der Waals surface area (Å²) >= 11 is 0. The minimum Gasteiger partial charge on any atom is -0.507 e. The van der Waals surface area contributed by atoms with Crippen molar-refractivity contribution in [2.45, 2.75) is 38.4 Å². The maximum absolute atomic E-state index is 12.7. The van der Waals surface area contributed by atoms with Gasteiger partial charge in [-0.2, -0.15) is 0 Å². The summed E-state index contributed by atoms with van der Waals surface area (Å²) in [6.07, 6.45) is 0.143. The van der Waals surface area contributed by atoms with Crippen LogP contribution in [0.4, 0.5) is 0 Å². The van der Waals surface area contributed by atoms with E-state index < -0.39 is 29.2 Å². The fourth-order valence-electron chi connectivity index (χ4n) is 3.17. The second-order valence-electron chi connectivity index (χ2n) is 6.03. The van der Waals surface area contributed by atoms with Gasteiger partial charge in [-0.05, 0) is 19.8 Å². The fourth-order valence-corrected chi connectivity index (χ4v) is 3.17. The zero-order valence-electron chi connectivity index (χ0n) is 13.3. The number of methoxy groups -OCH3 is 1. The summed E-state index contributed by atoms with van der Waals surface area (Å²) in [7, 11) is 1.27. The molecular formula is C17H18O7. The predicted molar refractivity (Wildman–Crippen MR) is 82.4 cm³/mol. The van der Waals surface area contributed by atoms with Crippen molar-refractivity contribution in [3.63, 3.8) is 0 Å². The van der Waals surface area contributed by atoms with Gasteiger partial charge in [0, 0.05) is 18.1 Å². The lowest BCUT2D eigenvalue weighted by Crippen LogP contribution is -2.32. The SMILES string of the molecule is COc1cc(O)c2c(c1O)C(=O)C1=C(CC[C@H](CC(C)O)O1)C2=O. The third-order valence-electron chi connectivity index (χ3n) is 4.28. The number of benzene rings is 1. The van der Waals surface area contributed by atoms with Crippen molar-refractivity contribution in [2.24, 2.45) is 0 Å². The van der Waals surface area contributed by atoms with Crippen LogP contribution in [-0.2, 0) is 4.74 Å². The van der Waals surface area contributed by atoms with Crippen LogP contribution in [-0.4, -0.2) is 46.2 Å². The largest absolute Gasteiger partial charge is 0.507 e. The number of phenols is 2. The third-order valence-corrected chi connectivity index (χ3v) is 4.28. The topological polar surface area (TPSA) is 113 Å². The van der Waals surface area contributed by atoms with E-state index in [1.54, 1.807) is 6.92 Å². The average Bonchev–Trinajstić information content (AvgIpc) is 2.53. The zero-order valence-corrected chi connectivity index (χ0v) is 13.3. The van der Waals surface area contributed by atoms with Crippen molar-refractivity contribution in [2.75, 3.05) is 7.11 Å². The number of allylic oxidation sites excluding steroid dienone is 2. The maximum Gasteiger partial charge on any atom is 0.232 e. The van der Waals surface area contributed by atoms with E-state index in [-0.39, 0.29) is 34.3 Å². The Morgan fingerprint density at radius 3 is 2.62 bits per heavy atom. The standard InChI is InChI=1S/C17H18O7/c1-7(18)5-8-3-4-9-14(20)12-10(19)6-11(23-2)15(21)13(12)16(22)17(9)24-8/h6-8,18-19,21H,3-5H2,1-2H3/t7?,8-/m1/s1. The number of hydrogen-bond donors (Lipinski definition) is 3. The summed E-state index contributed by atoms with van der Waals surface area (Å²) in [6.45, 7) is 1.62. The van der Waals surface area contributed by atoms with Gasteiger partial charge in [-0.1, -0.05) is 0 Å². The molecule has 1 heterocycles. The number of fused-ring (bicyclic) bond motifs is 1. The van der Waals surface area contributed by atoms with E-state index in [4.69, 9.17) is 9.47 Å². The molecule has 7 nitrogen and oxygen atoms in total. The van der Waals surface area contributed by atoms with Crippen LogP contribution in [0.25, 0.3) is 0 Å². The van der Waals surface area contributed by atoms with Crippen LogP contribution in [0.2, 0.25) is 0 Å². The Balaban J connectivity index is 2.09. The second-order valence-corrected chi connectivity index (χ2v) is 6.03. The lowest BCUT2D eigenvalue weighted by Gasteiger charge is -2.31. The number of aliphatic hydroxyl groups is 1. The molecule has 1 aromatic rings. The Hall–Kier alpha value is -2.54. The minimum atomic E-state index is -0.665. The highest BCUT2D eigenvalue weighted by molar-refractivity contribution is 6.28. The molecule has 0 fully saturated rings. The lowest BCUT2D eigenvalue weighted by molar-refractivity contribution is 0.0364. The predicted octanol–water partition coefficient (Wildman–Crippen LogP) is 1.69. The van der Waals surface area contributed by atoms with E-state index in [1.165, 1.54) is 7.11 Å². The number of Topliss-reactive ketones (excluding diaryl/α,β-unsaturated/α-hetero) is 2. The summed E-state index contributed by atoms with van der Waals surface area (Å²) in [4.78, 5) is 25.4. The normalized spacial score (nSPS) is 21.0. The monoisotopic (exact) mass is 334 g/mol. The van der Waals surface area contributed by atoms with Crippen molar-refractivity contribution in [3.8, 4) is 17.2 Å². The van der Waals surface area contributed by atoms with Crippen molar-refractivity contribution in [1.29, 1.82) is 0 Å². The molecule has 3 N–H and O–H groups in total. The molecule has 0 saturated carbocycles. The van der Waals surface area contributed by atoms with Crippen molar-refractivity contribution >= 4 is 11.6 Å². The third kappa shape index (κ3) is 2.41. The van der Waals surface area contributed by atoms with Gasteiger partial charge >= 0.3 is 0 Å². The Morgan fingerprint density at radius 2 is 2.00 bits per heavy atom. The molecule has 2 aliphatic rings. The quantitative estimate of drug-likeness (QED) is 0.721. The summed E-state index contributed by atoms with van der Waals surface area (Å²) in [5, 5.41) is 29.8. The first-order valence-corrected chi connectivity index (χ1v) is 7.65. The van der Waals surface area contributed by atoms with E-state index in [2.05, 4.69) is 0 Å². The number of carbonyl (C=O) groups excluding carboxylic acids is 2. The minimum absolute atomic E-state index is 0.104. The number of aromatic hydroxyl groups is 2. The number of carbonyl (C=O) groups is 2. The van der Waals surface area contributed by atoms with Gasteiger partial charge < -0.3 is 24.8 Å². The van der Waals surface area contributed by atoms with Gasteiger partial charge in [-0.3, -0.25) is 9.59 Å². The Kier molecular flexibility index (Phi) is 3.96. The van der Waals surface area contributed by atoms with E-state index >= 15 is 0 Å². The molecule has 0 amide bonds. The van der Waals surface area contributed by atoms with Crippen LogP contribution >= 0.6 is 0 Å². The number of ether oxygens (including phenoxy) is 2. The van der Waals surface area contributed by atoms with Crippen molar-refractivity contribution < 1.29 is 34.4 Å². The van der Waals surface area contributed by atoms with Crippen LogP contribution in [0.5, 0.6) is 17.2 Å². The molecule has 1 aromatic carbocycles. The van der Waals surface area contributed by atoms with E-state index in [1.807, 2.05) is 0 Å². The van der Waals surface area contributed by atoms with E-state index in [0.29, 0.717) is 19.3 Å². The number of aliphatic hydroxyl groups excluding tert-OH is 1. The van der Waals surface area contributed by atoms with Crippen LogP contribution in [0, 0.1) is 0 Å². The van der Waals surface area contributed by atoms with Gasteiger partial charge in [0.1, 0.15) is 11.9 Å². The molecule has 1 unspecified atom stereocenters. The van der Waals surface area contributed by atoms with E-state index in [0.717, 1.165) is 6.07 Å². The van der Waals surface area contributed by atoms with Crippen LogP contribution in [0.1, 0.15) is 46.9 Å². The highest BCUT2D eigenvalue weighted by Crippen LogP contribution is 2.45. The molecule has 0 bridgehead atoms. The van der Waals surface area contributed by atoms with E-state index in [9.17, 15) is 24.9 Å². The smallest absolute Gasteiger partial charge is 0.232 e. The number of phenolic OH excluding ortho intramolecular Hbond substituents is 2. The molecule has 0 spiro atoms. The van der Waals surface area contributed by atoms with Gasteiger partial charge in [0.05, 0.1) is 24.3 Å². The van der Waals surface area contributed by atoms with Crippen molar-refractivity contribution in [1.82, 2.24) is 0 Å². The summed E-state index contributed by atoms with van der Waals surface area (Å²) in [5.74, 6) is -2.35. The fraction of sp³-hybridized carbons (Fsp3) is 0.412. The van der Waals surface area contributed by atoms with Gasteiger partial charge in [0.25, 0.3) is 0 Å². The van der Waals surface area contributed by atoms with Gasteiger partial charge in [0.15, 0.2) is 23.0 Å². The summed E-state index contributed by atoms with van der Waals surface area (Å²) in [5.41, 5.74) is -0.350. The highest BCUT2D eigenvalue weighted by Gasteiger charge is 2.41. The molecule has 1 aliphatic heterocycles. The Morgan fingerprint density at radius 1 is 1.29 bits per heavy atom. The Bertz CT molecular complexity index is 761. The molecule has 3 rings (SSSR count). The molecule has 2 atom stereocenters. The molecule has 1 aliphatic carbocycles. The van der Waals surface area contributed by atoms with Crippen LogP contribution in [0.3, 0.4) is 0 Å². The van der Waals surface area contributed by atoms with Gasteiger partial charge in [0.2, 0.25) is 5.78 Å². The van der Waals surface area contributed by atoms with Gasteiger partial charge in [-0.25, -0.2) is 0 Å². The van der Waals surface area contributed by atoms with Crippen LogP contribution in [0.15, 0.2) is 17.4 Å².